The standard InChI is InChI=1S/C18H16O3/c1-12-6-7-15(10-13(12)2)16(19)9-8-14-4-3-5-17-18(14)21-11-20-17/h3-10H,11H2,1-2H3/b9-8+. The van der Waals surface area contributed by atoms with E-state index in [-0.39, 0.29) is 12.6 Å². The first-order chi connectivity index (χ1) is 10.1. The van der Waals surface area contributed by atoms with E-state index in [0.717, 1.165) is 16.9 Å². The fraction of sp³-hybridized carbons (Fsp3) is 0.167. The minimum Gasteiger partial charge on any atom is -0.454 e. The van der Waals surface area contributed by atoms with Crippen LogP contribution in [0.4, 0.5) is 0 Å². The van der Waals surface area contributed by atoms with E-state index < -0.39 is 0 Å². The van der Waals surface area contributed by atoms with Gasteiger partial charge in [-0.1, -0.05) is 24.3 Å². The minimum atomic E-state index is -0.0189. The maximum absolute atomic E-state index is 12.2. The molecule has 2 aromatic rings. The number of carbonyl (C=O) groups excluding carboxylic acids is 1. The maximum atomic E-state index is 12.2. The molecule has 2 aromatic carbocycles. The van der Waals surface area contributed by atoms with Crippen molar-refractivity contribution in [2.75, 3.05) is 6.79 Å². The second kappa shape index (κ2) is 5.44. The number of hydrogen-bond donors (Lipinski definition) is 0. The van der Waals surface area contributed by atoms with Gasteiger partial charge in [-0.15, -0.1) is 0 Å². The van der Waals surface area contributed by atoms with Gasteiger partial charge in [-0.3, -0.25) is 4.79 Å². The monoisotopic (exact) mass is 280 g/mol. The zero-order valence-electron chi connectivity index (χ0n) is 12.1. The molecular weight excluding hydrogens is 264 g/mol. The summed E-state index contributed by atoms with van der Waals surface area (Å²) in [5, 5.41) is 0. The Balaban J connectivity index is 1.84. The van der Waals surface area contributed by atoms with Gasteiger partial charge < -0.3 is 9.47 Å². The Labute approximate surface area is 123 Å². The number of rotatable bonds is 3. The molecule has 3 rings (SSSR count). The van der Waals surface area contributed by atoms with E-state index >= 15 is 0 Å². The van der Waals surface area contributed by atoms with Crippen LogP contribution in [0.5, 0.6) is 11.5 Å². The molecular formula is C18H16O3. The Morgan fingerprint density at radius 3 is 2.76 bits per heavy atom. The molecule has 0 amide bonds. The van der Waals surface area contributed by atoms with Gasteiger partial charge in [0.2, 0.25) is 6.79 Å². The van der Waals surface area contributed by atoms with Crippen molar-refractivity contribution >= 4 is 11.9 Å². The van der Waals surface area contributed by atoms with Gasteiger partial charge in [0.1, 0.15) is 0 Å². The lowest BCUT2D eigenvalue weighted by atomic mass is 10.0. The molecule has 3 heteroatoms. The van der Waals surface area contributed by atoms with Gasteiger partial charge in [-0.05, 0) is 49.3 Å². The quantitative estimate of drug-likeness (QED) is 0.631. The first-order valence-corrected chi connectivity index (χ1v) is 6.83. The SMILES string of the molecule is Cc1ccc(C(=O)/C=C/c2cccc3c2OCO3)cc1C. The average molecular weight is 280 g/mol. The highest BCUT2D eigenvalue weighted by Crippen LogP contribution is 2.35. The van der Waals surface area contributed by atoms with Crippen molar-refractivity contribution in [2.24, 2.45) is 0 Å². The molecule has 3 nitrogen and oxygen atoms in total. The number of ether oxygens (including phenoxy) is 2. The smallest absolute Gasteiger partial charge is 0.231 e. The summed E-state index contributed by atoms with van der Waals surface area (Å²) >= 11 is 0. The van der Waals surface area contributed by atoms with Crippen LogP contribution in [-0.2, 0) is 0 Å². The second-order valence-corrected chi connectivity index (χ2v) is 5.08. The molecule has 106 valence electrons. The Kier molecular flexibility index (Phi) is 3.48. The van der Waals surface area contributed by atoms with Gasteiger partial charge in [0, 0.05) is 11.1 Å². The van der Waals surface area contributed by atoms with Crippen LogP contribution < -0.4 is 9.47 Å². The zero-order chi connectivity index (χ0) is 14.8. The van der Waals surface area contributed by atoms with Crippen LogP contribution in [0, 0.1) is 13.8 Å². The Hall–Kier alpha value is -2.55. The van der Waals surface area contributed by atoms with E-state index in [0.29, 0.717) is 11.3 Å². The van der Waals surface area contributed by atoms with Gasteiger partial charge in [0.25, 0.3) is 0 Å². The van der Waals surface area contributed by atoms with Gasteiger partial charge in [0.15, 0.2) is 17.3 Å². The lowest BCUT2D eigenvalue weighted by Crippen LogP contribution is -1.96. The Morgan fingerprint density at radius 1 is 1.10 bits per heavy atom. The van der Waals surface area contributed by atoms with Crippen molar-refractivity contribution in [1.29, 1.82) is 0 Å². The molecule has 0 atom stereocenters. The number of allylic oxidation sites excluding steroid dienone is 1. The topological polar surface area (TPSA) is 35.5 Å². The summed E-state index contributed by atoms with van der Waals surface area (Å²) in [6.45, 7) is 4.26. The van der Waals surface area contributed by atoms with E-state index in [1.165, 1.54) is 5.56 Å². The molecule has 1 heterocycles. The summed E-state index contributed by atoms with van der Waals surface area (Å²) in [5.74, 6) is 1.40. The Bertz CT molecular complexity index is 729. The number of carbonyl (C=O) groups is 1. The van der Waals surface area contributed by atoms with Crippen LogP contribution in [0.15, 0.2) is 42.5 Å². The first-order valence-electron chi connectivity index (χ1n) is 6.83. The molecule has 0 N–H and O–H groups in total. The molecule has 0 radical (unpaired) electrons. The predicted molar refractivity (Wildman–Crippen MR) is 81.8 cm³/mol. The van der Waals surface area contributed by atoms with Crippen LogP contribution in [0.1, 0.15) is 27.0 Å². The number of hydrogen-bond acceptors (Lipinski definition) is 3. The summed E-state index contributed by atoms with van der Waals surface area (Å²) in [6, 6.07) is 11.4. The van der Waals surface area contributed by atoms with Crippen molar-refractivity contribution in [2.45, 2.75) is 13.8 Å². The van der Waals surface area contributed by atoms with Crippen LogP contribution in [0.3, 0.4) is 0 Å². The summed E-state index contributed by atoms with van der Waals surface area (Å²) < 4.78 is 10.7. The van der Waals surface area contributed by atoms with Crippen molar-refractivity contribution in [3.05, 3.63) is 64.7 Å². The van der Waals surface area contributed by atoms with Crippen molar-refractivity contribution in [3.8, 4) is 11.5 Å². The first kappa shape index (κ1) is 13.4. The summed E-state index contributed by atoms with van der Waals surface area (Å²) in [5.41, 5.74) is 3.84. The third kappa shape index (κ3) is 2.68. The second-order valence-electron chi connectivity index (χ2n) is 5.08. The Morgan fingerprint density at radius 2 is 1.95 bits per heavy atom. The third-order valence-corrected chi connectivity index (χ3v) is 3.63. The molecule has 0 bridgehead atoms. The largest absolute Gasteiger partial charge is 0.454 e. The van der Waals surface area contributed by atoms with Gasteiger partial charge in [0.05, 0.1) is 0 Å². The van der Waals surface area contributed by atoms with E-state index in [2.05, 4.69) is 0 Å². The molecule has 1 aliphatic rings. The van der Waals surface area contributed by atoms with Crippen LogP contribution in [0.25, 0.3) is 6.08 Å². The molecule has 0 fully saturated rings. The average Bonchev–Trinajstić information content (AvgIpc) is 2.96. The lowest BCUT2D eigenvalue weighted by molar-refractivity contribution is 0.104. The fourth-order valence-corrected chi connectivity index (χ4v) is 2.24. The van der Waals surface area contributed by atoms with E-state index in [9.17, 15) is 4.79 Å². The van der Waals surface area contributed by atoms with Crippen molar-refractivity contribution in [1.82, 2.24) is 0 Å². The molecule has 0 aromatic heterocycles. The number of para-hydroxylation sites is 1. The van der Waals surface area contributed by atoms with Crippen LogP contribution in [0.2, 0.25) is 0 Å². The van der Waals surface area contributed by atoms with E-state index in [1.54, 1.807) is 12.2 Å². The number of fused-ring (bicyclic) bond motifs is 1. The third-order valence-electron chi connectivity index (χ3n) is 3.63. The zero-order valence-corrected chi connectivity index (χ0v) is 12.1. The molecule has 1 aliphatic heterocycles. The summed E-state index contributed by atoms with van der Waals surface area (Å²) in [6.07, 6.45) is 3.34. The summed E-state index contributed by atoms with van der Waals surface area (Å²) in [7, 11) is 0. The molecule has 0 saturated carbocycles. The van der Waals surface area contributed by atoms with Crippen LogP contribution >= 0.6 is 0 Å². The van der Waals surface area contributed by atoms with Crippen LogP contribution in [-0.4, -0.2) is 12.6 Å². The molecule has 21 heavy (non-hydrogen) atoms. The number of ketones is 1. The molecule has 0 aliphatic carbocycles. The molecule has 0 saturated heterocycles. The van der Waals surface area contributed by atoms with Gasteiger partial charge >= 0.3 is 0 Å². The number of benzene rings is 2. The normalized spacial score (nSPS) is 12.9. The van der Waals surface area contributed by atoms with E-state index in [1.807, 2.05) is 50.2 Å². The van der Waals surface area contributed by atoms with Gasteiger partial charge in [-0.25, -0.2) is 0 Å². The fourth-order valence-electron chi connectivity index (χ4n) is 2.24. The highest BCUT2D eigenvalue weighted by molar-refractivity contribution is 6.07. The highest BCUT2D eigenvalue weighted by Gasteiger charge is 2.15. The number of aryl methyl sites for hydroxylation is 2. The minimum absolute atomic E-state index is 0.0189. The van der Waals surface area contributed by atoms with Crippen molar-refractivity contribution < 1.29 is 14.3 Å². The van der Waals surface area contributed by atoms with Crippen molar-refractivity contribution in [3.63, 3.8) is 0 Å². The molecule has 0 unspecified atom stereocenters. The molecule has 0 spiro atoms. The predicted octanol–water partition coefficient (Wildman–Crippen LogP) is 3.93. The summed E-state index contributed by atoms with van der Waals surface area (Å²) in [4.78, 5) is 12.2. The lowest BCUT2D eigenvalue weighted by Gasteiger charge is -2.02. The highest BCUT2D eigenvalue weighted by atomic mass is 16.7. The van der Waals surface area contributed by atoms with E-state index in [4.69, 9.17) is 9.47 Å². The van der Waals surface area contributed by atoms with Gasteiger partial charge in [-0.2, -0.15) is 0 Å². The maximum Gasteiger partial charge on any atom is 0.231 e.